The fourth-order valence-corrected chi connectivity index (χ4v) is 2.39. The van der Waals surface area contributed by atoms with Gasteiger partial charge in [0.05, 0.1) is 103 Å². The molecular formula is C27H66N9O7P. The average Bonchev–Trinajstić information content (AvgIpc) is 2.84. The van der Waals surface area contributed by atoms with Gasteiger partial charge in [0, 0.05) is 37.4 Å². The summed E-state index contributed by atoms with van der Waals surface area (Å²) in [7, 11) is 13.5. The SMILES string of the molecule is CC(CN)C(=O)NCC[N+](C)(C)C.CC(CN)C(=O)NCC[N+](C)(C)C.CC(CN)C(=O)NCC[N+](C)(C)C.O=P([O-])([O-])[O-]. The van der Waals surface area contributed by atoms with Gasteiger partial charge in [-0.25, -0.2) is 0 Å². The van der Waals surface area contributed by atoms with Crippen molar-refractivity contribution in [1.82, 2.24) is 16.0 Å². The number of rotatable bonds is 15. The van der Waals surface area contributed by atoms with E-state index in [9.17, 15) is 14.4 Å². The fourth-order valence-electron chi connectivity index (χ4n) is 2.39. The van der Waals surface area contributed by atoms with Crippen LogP contribution in [0.3, 0.4) is 0 Å². The number of amides is 3. The second-order valence-corrected chi connectivity index (χ2v) is 14.7. The summed E-state index contributed by atoms with van der Waals surface area (Å²) in [6, 6.07) is 0. The van der Waals surface area contributed by atoms with E-state index in [0.717, 1.165) is 33.1 Å². The second kappa shape index (κ2) is 24.5. The molecule has 0 saturated carbocycles. The lowest BCUT2D eigenvalue weighted by Crippen LogP contribution is -2.43. The van der Waals surface area contributed by atoms with Gasteiger partial charge in [0.1, 0.15) is 0 Å². The summed E-state index contributed by atoms with van der Waals surface area (Å²) in [5.74, 6) is -0.0738. The Hall–Kier alpha value is -1.72. The van der Waals surface area contributed by atoms with Gasteiger partial charge in [-0.05, 0) is 0 Å². The molecule has 0 fully saturated rings. The smallest absolute Gasteiger partial charge is 0.224 e. The van der Waals surface area contributed by atoms with E-state index >= 15 is 0 Å². The monoisotopic (exact) mass is 659 g/mol. The zero-order valence-electron chi connectivity index (χ0n) is 29.5. The molecular weight excluding hydrogens is 593 g/mol. The van der Waals surface area contributed by atoms with Gasteiger partial charge in [-0.3, -0.25) is 14.4 Å². The van der Waals surface area contributed by atoms with Crippen LogP contribution in [0.15, 0.2) is 0 Å². The predicted octanol–water partition coefficient (Wildman–Crippen LogP) is -4.61. The normalized spacial score (nSPS) is 13.7. The van der Waals surface area contributed by atoms with Crippen LogP contribution in [0.5, 0.6) is 0 Å². The van der Waals surface area contributed by atoms with Crippen molar-refractivity contribution < 1.29 is 47.1 Å². The van der Waals surface area contributed by atoms with Crippen molar-refractivity contribution in [1.29, 1.82) is 0 Å². The molecule has 266 valence electrons. The van der Waals surface area contributed by atoms with Crippen LogP contribution in [-0.4, -0.2) is 154 Å². The molecule has 0 bridgehead atoms. The minimum absolute atomic E-state index is 0.0518. The summed E-state index contributed by atoms with van der Waals surface area (Å²) in [5, 5.41) is 8.57. The van der Waals surface area contributed by atoms with Crippen LogP contribution in [0.4, 0.5) is 0 Å². The summed E-state index contributed by atoms with van der Waals surface area (Å²) < 4.78 is 11.1. The van der Waals surface area contributed by atoms with Crippen molar-refractivity contribution in [3.63, 3.8) is 0 Å². The van der Waals surface area contributed by atoms with E-state index in [4.69, 9.17) is 36.4 Å². The molecule has 0 aromatic heterocycles. The third-order valence-corrected chi connectivity index (χ3v) is 5.65. The highest BCUT2D eigenvalue weighted by Gasteiger charge is 2.14. The number of nitrogens with one attached hydrogen (secondary N) is 3. The molecule has 3 unspecified atom stereocenters. The first-order valence-corrected chi connectivity index (χ1v) is 16.1. The zero-order chi connectivity index (χ0) is 35.9. The summed E-state index contributed by atoms with van der Waals surface area (Å²) >= 11 is 0. The largest absolute Gasteiger partial charge is 0.822 e. The van der Waals surface area contributed by atoms with E-state index in [1.54, 1.807) is 0 Å². The molecule has 0 aliphatic carbocycles. The first kappa shape index (κ1) is 49.2. The maximum atomic E-state index is 11.3. The van der Waals surface area contributed by atoms with Crippen molar-refractivity contribution in [3.8, 4) is 0 Å². The minimum Gasteiger partial charge on any atom is -0.822 e. The second-order valence-electron chi connectivity index (χ2n) is 13.8. The van der Waals surface area contributed by atoms with E-state index < -0.39 is 7.82 Å². The highest BCUT2D eigenvalue weighted by atomic mass is 31.2. The minimum atomic E-state index is -5.39. The molecule has 0 saturated heterocycles. The molecule has 9 N–H and O–H groups in total. The van der Waals surface area contributed by atoms with Crippen LogP contribution in [-0.2, 0) is 18.9 Å². The summed E-state index contributed by atoms with van der Waals surface area (Å²) in [4.78, 5) is 59.4. The lowest BCUT2D eigenvalue weighted by Gasteiger charge is -2.36. The van der Waals surface area contributed by atoms with Gasteiger partial charge in [-0.15, -0.1) is 0 Å². The summed E-state index contributed by atoms with van der Waals surface area (Å²) in [6.45, 7) is 11.7. The predicted molar refractivity (Wildman–Crippen MR) is 170 cm³/mol. The Balaban J connectivity index is -0.000000253. The topological polar surface area (TPSA) is 252 Å². The van der Waals surface area contributed by atoms with Crippen LogP contribution in [0.2, 0.25) is 0 Å². The number of hydrogen-bond donors (Lipinski definition) is 6. The molecule has 0 aliphatic heterocycles. The van der Waals surface area contributed by atoms with Crippen molar-refractivity contribution in [2.45, 2.75) is 20.8 Å². The first-order valence-electron chi connectivity index (χ1n) is 14.7. The standard InChI is InChI=1S/3C9H21N3O.H3O4P/c3*1-8(7-10)9(13)11-5-6-12(2,3)4;1-5(2,3)4/h3*8H,5-7,10H2,1-4H3;(H3,1,2,3,4). The van der Waals surface area contributed by atoms with Crippen molar-refractivity contribution in [2.24, 2.45) is 35.0 Å². The number of carbonyl (C=O) groups is 3. The van der Waals surface area contributed by atoms with E-state index in [1.165, 1.54) is 0 Å². The molecule has 44 heavy (non-hydrogen) atoms. The summed E-state index contributed by atoms with van der Waals surface area (Å²) in [5.41, 5.74) is 16.1. The number of carbonyl (C=O) groups excluding carboxylic acids is 3. The van der Waals surface area contributed by atoms with Crippen molar-refractivity contribution in [2.75, 3.05) is 122 Å². The fraction of sp³-hybridized carbons (Fsp3) is 0.889. The molecule has 0 heterocycles. The van der Waals surface area contributed by atoms with Crippen molar-refractivity contribution in [3.05, 3.63) is 0 Å². The Bertz CT molecular complexity index is 725. The van der Waals surface area contributed by atoms with Crippen LogP contribution in [0, 0.1) is 17.8 Å². The summed E-state index contributed by atoms with van der Waals surface area (Å²) in [6.07, 6.45) is 0. The van der Waals surface area contributed by atoms with E-state index in [-0.39, 0.29) is 35.5 Å². The molecule has 0 spiro atoms. The van der Waals surface area contributed by atoms with Gasteiger partial charge >= 0.3 is 0 Å². The van der Waals surface area contributed by atoms with Gasteiger partial charge < -0.3 is 65.8 Å². The Morgan fingerprint density at radius 2 is 0.705 bits per heavy atom. The van der Waals surface area contributed by atoms with Gasteiger partial charge in [0.25, 0.3) is 0 Å². The van der Waals surface area contributed by atoms with E-state index in [1.807, 2.05) is 20.8 Å². The number of hydrogen-bond acceptors (Lipinski definition) is 10. The molecule has 0 aliphatic rings. The third-order valence-electron chi connectivity index (χ3n) is 5.65. The molecule has 16 nitrogen and oxygen atoms in total. The average molecular weight is 660 g/mol. The first-order chi connectivity index (χ1) is 19.6. The lowest BCUT2D eigenvalue weighted by atomic mass is 10.2. The molecule has 0 aromatic carbocycles. The molecule has 17 heteroatoms. The Kier molecular flexibility index (Phi) is 27.4. The van der Waals surface area contributed by atoms with E-state index in [2.05, 4.69) is 79.4 Å². The molecule has 0 rings (SSSR count). The molecule has 0 radical (unpaired) electrons. The van der Waals surface area contributed by atoms with Gasteiger partial charge in [0.15, 0.2) is 0 Å². The maximum Gasteiger partial charge on any atom is 0.224 e. The van der Waals surface area contributed by atoms with Gasteiger partial charge in [-0.2, -0.15) is 7.82 Å². The Labute approximate surface area is 266 Å². The highest BCUT2D eigenvalue weighted by molar-refractivity contribution is 7.40. The molecule has 3 atom stereocenters. The quantitative estimate of drug-likeness (QED) is 0.0724. The number of likely N-dealkylation sites (N-methyl/N-ethyl adjacent to an activating group) is 3. The Morgan fingerprint density at radius 3 is 0.818 bits per heavy atom. The van der Waals surface area contributed by atoms with Crippen LogP contribution in [0.25, 0.3) is 0 Å². The Morgan fingerprint density at radius 1 is 0.545 bits per heavy atom. The zero-order valence-corrected chi connectivity index (χ0v) is 30.4. The van der Waals surface area contributed by atoms with Crippen LogP contribution >= 0.6 is 7.82 Å². The van der Waals surface area contributed by atoms with E-state index in [0.29, 0.717) is 39.3 Å². The van der Waals surface area contributed by atoms with Crippen LogP contribution < -0.4 is 47.8 Å². The molecule has 0 aromatic rings. The third kappa shape index (κ3) is 44.7. The number of quaternary nitrogens is 3. The van der Waals surface area contributed by atoms with Gasteiger partial charge in [0.2, 0.25) is 17.7 Å². The maximum absolute atomic E-state index is 11.3. The molecule has 3 amide bonds. The number of nitrogens with zero attached hydrogens (tertiary/aromatic N) is 3. The van der Waals surface area contributed by atoms with Gasteiger partial charge in [-0.1, -0.05) is 20.8 Å². The number of phosphoric acid groups is 1. The van der Waals surface area contributed by atoms with Crippen molar-refractivity contribution >= 4 is 25.5 Å². The van der Waals surface area contributed by atoms with Crippen LogP contribution in [0.1, 0.15) is 20.8 Å². The highest BCUT2D eigenvalue weighted by Crippen LogP contribution is 2.03. The number of nitrogens with two attached hydrogens (primary N) is 3. The lowest BCUT2D eigenvalue weighted by molar-refractivity contribution is -0.869.